The average Bonchev–Trinajstić information content (AvgIpc) is 2.47. The van der Waals surface area contributed by atoms with Crippen molar-refractivity contribution < 1.29 is 9.53 Å². The van der Waals surface area contributed by atoms with Gasteiger partial charge in [-0.1, -0.05) is 13.3 Å². The van der Waals surface area contributed by atoms with Crippen LogP contribution in [-0.2, 0) is 9.53 Å². The maximum Gasteiger partial charge on any atom is 0.230 e. The number of rotatable bonds is 3. The molecule has 2 aliphatic heterocycles. The number of hydrogen-bond acceptors (Lipinski definition) is 3. The van der Waals surface area contributed by atoms with Crippen molar-refractivity contribution in [3.63, 3.8) is 0 Å². The van der Waals surface area contributed by atoms with Gasteiger partial charge in [0.05, 0.1) is 5.41 Å². The Morgan fingerprint density at radius 1 is 1.32 bits per heavy atom. The van der Waals surface area contributed by atoms with Gasteiger partial charge in [-0.2, -0.15) is 0 Å². The lowest BCUT2D eigenvalue weighted by Gasteiger charge is -2.41. The minimum atomic E-state index is -0.336. The molecular formula is C14H27ClN2O2. The number of hydrogen-bond donors (Lipinski definition) is 1. The summed E-state index contributed by atoms with van der Waals surface area (Å²) in [6, 6.07) is 0. The van der Waals surface area contributed by atoms with E-state index < -0.39 is 0 Å². The topological polar surface area (TPSA) is 55.6 Å². The average molecular weight is 291 g/mol. The van der Waals surface area contributed by atoms with Gasteiger partial charge in [-0.25, -0.2) is 0 Å². The van der Waals surface area contributed by atoms with Gasteiger partial charge in [0.1, 0.15) is 0 Å². The van der Waals surface area contributed by atoms with Crippen LogP contribution in [0.15, 0.2) is 0 Å². The molecule has 5 heteroatoms. The second kappa shape index (κ2) is 7.46. The quantitative estimate of drug-likeness (QED) is 0.862. The van der Waals surface area contributed by atoms with Crippen molar-refractivity contribution in [1.82, 2.24) is 4.90 Å². The van der Waals surface area contributed by atoms with Crippen LogP contribution in [-0.4, -0.2) is 43.7 Å². The first-order chi connectivity index (χ1) is 8.72. The minimum Gasteiger partial charge on any atom is -0.381 e. The molecule has 0 aromatic heterocycles. The Labute approximate surface area is 122 Å². The summed E-state index contributed by atoms with van der Waals surface area (Å²) in [5, 5.41) is 0. The Bertz CT molecular complexity index is 285. The van der Waals surface area contributed by atoms with Gasteiger partial charge in [0, 0.05) is 32.8 Å². The highest BCUT2D eigenvalue weighted by atomic mass is 35.5. The van der Waals surface area contributed by atoms with Crippen molar-refractivity contribution in [2.45, 2.75) is 39.0 Å². The normalized spacial score (nSPS) is 23.8. The monoisotopic (exact) mass is 290 g/mol. The Morgan fingerprint density at radius 2 is 1.89 bits per heavy atom. The maximum absolute atomic E-state index is 12.7. The highest BCUT2D eigenvalue weighted by Gasteiger charge is 2.41. The summed E-state index contributed by atoms with van der Waals surface area (Å²) >= 11 is 0. The van der Waals surface area contributed by atoms with Crippen LogP contribution in [0.5, 0.6) is 0 Å². The van der Waals surface area contributed by atoms with Crippen molar-refractivity contribution in [3.05, 3.63) is 0 Å². The lowest BCUT2D eigenvalue weighted by molar-refractivity contribution is -0.148. The zero-order valence-corrected chi connectivity index (χ0v) is 12.7. The standard InChI is InChI=1S/C14H26N2O2.ClH/c1-2-12-3-7-16(8-4-12)13(17)14(11-15)5-9-18-10-6-14;/h12H,2-11,15H2,1H3;1H. The van der Waals surface area contributed by atoms with Gasteiger partial charge in [-0.3, -0.25) is 4.79 Å². The second-order valence-corrected chi connectivity index (χ2v) is 5.74. The SMILES string of the molecule is CCC1CCN(C(=O)C2(CN)CCOCC2)CC1.Cl. The molecule has 0 aromatic rings. The smallest absolute Gasteiger partial charge is 0.230 e. The number of ether oxygens (including phenoxy) is 1. The lowest BCUT2D eigenvalue weighted by Crippen LogP contribution is -2.52. The van der Waals surface area contributed by atoms with Crippen molar-refractivity contribution in [1.29, 1.82) is 0 Å². The number of carbonyl (C=O) groups excluding carboxylic acids is 1. The first kappa shape index (κ1) is 16.7. The molecule has 0 saturated carbocycles. The molecule has 1 amide bonds. The molecule has 4 nitrogen and oxygen atoms in total. The molecule has 0 radical (unpaired) electrons. The van der Waals surface area contributed by atoms with E-state index in [2.05, 4.69) is 6.92 Å². The molecule has 2 aliphatic rings. The molecule has 2 rings (SSSR count). The van der Waals surface area contributed by atoms with Crippen LogP contribution in [0, 0.1) is 11.3 Å². The van der Waals surface area contributed by atoms with Gasteiger partial charge in [-0.05, 0) is 31.6 Å². The number of likely N-dealkylation sites (tertiary alicyclic amines) is 1. The summed E-state index contributed by atoms with van der Waals surface area (Å²) in [7, 11) is 0. The zero-order valence-electron chi connectivity index (χ0n) is 11.9. The van der Waals surface area contributed by atoms with E-state index in [4.69, 9.17) is 10.5 Å². The molecule has 0 aromatic carbocycles. The summed E-state index contributed by atoms with van der Waals surface area (Å²) in [5.74, 6) is 1.08. The molecule has 2 N–H and O–H groups in total. The third-order valence-corrected chi connectivity index (χ3v) is 4.77. The van der Waals surface area contributed by atoms with E-state index in [1.54, 1.807) is 0 Å². The van der Waals surface area contributed by atoms with Crippen molar-refractivity contribution in [2.75, 3.05) is 32.8 Å². The molecule has 0 unspecified atom stereocenters. The fraction of sp³-hybridized carbons (Fsp3) is 0.929. The molecule has 2 saturated heterocycles. The van der Waals surface area contributed by atoms with Crippen LogP contribution in [0.3, 0.4) is 0 Å². The molecule has 112 valence electrons. The van der Waals surface area contributed by atoms with E-state index in [0.717, 1.165) is 44.7 Å². The predicted octanol–water partition coefficient (Wildman–Crippen LogP) is 1.81. The van der Waals surface area contributed by atoms with Gasteiger partial charge in [0.2, 0.25) is 5.91 Å². The zero-order chi connectivity index (χ0) is 13.0. The largest absolute Gasteiger partial charge is 0.381 e. The van der Waals surface area contributed by atoms with Gasteiger partial charge >= 0.3 is 0 Å². The summed E-state index contributed by atoms with van der Waals surface area (Å²) in [6.07, 6.45) is 5.11. The van der Waals surface area contributed by atoms with Crippen molar-refractivity contribution in [2.24, 2.45) is 17.1 Å². The van der Waals surface area contributed by atoms with Gasteiger partial charge in [0.25, 0.3) is 0 Å². The van der Waals surface area contributed by atoms with Gasteiger partial charge in [0.15, 0.2) is 0 Å². The molecule has 19 heavy (non-hydrogen) atoms. The van der Waals surface area contributed by atoms with E-state index in [0.29, 0.717) is 19.8 Å². The van der Waals surface area contributed by atoms with Crippen LogP contribution in [0.4, 0.5) is 0 Å². The summed E-state index contributed by atoms with van der Waals surface area (Å²) in [4.78, 5) is 14.7. The molecule has 0 spiro atoms. The van der Waals surface area contributed by atoms with Crippen LogP contribution in [0.1, 0.15) is 39.0 Å². The van der Waals surface area contributed by atoms with Gasteiger partial charge < -0.3 is 15.4 Å². The number of halogens is 1. The van der Waals surface area contributed by atoms with E-state index >= 15 is 0 Å². The number of nitrogens with two attached hydrogens (primary N) is 1. The van der Waals surface area contributed by atoms with E-state index in [-0.39, 0.29) is 23.7 Å². The minimum absolute atomic E-state index is 0. The van der Waals surface area contributed by atoms with Crippen molar-refractivity contribution in [3.8, 4) is 0 Å². The second-order valence-electron chi connectivity index (χ2n) is 5.74. The lowest BCUT2D eigenvalue weighted by atomic mass is 9.78. The predicted molar refractivity (Wildman–Crippen MR) is 78.4 cm³/mol. The third kappa shape index (κ3) is 3.61. The fourth-order valence-corrected chi connectivity index (χ4v) is 3.15. The number of nitrogens with zero attached hydrogens (tertiary/aromatic N) is 1. The first-order valence-electron chi connectivity index (χ1n) is 7.29. The molecular weight excluding hydrogens is 264 g/mol. The number of amides is 1. The molecule has 0 aliphatic carbocycles. The van der Waals surface area contributed by atoms with Crippen LogP contribution in [0.25, 0.3) is 0 Å². The summed E-state index contributed by atoms with van der Waals surface area (Å²) < 4.78 is 5.37. The molecule has 0 atom stereocenters. The van der Waals surface area contributed by atoms with Gasteiger partial charge in [-0.15, -0.1) is 12.4 Å². The highest BCUT2D eigenvalue weighted by Crippen LogP contribution is 2.33. The first-order valence-corrected chi connectivity index (χ1v) is 7.29. The Morgan fingerprint density at radius 3 is 2.37 bits per heavy atom. The molecule has 2 fully saturated rings. The van der Waals surface area contributed by atoms with Crippen LogP contribution < -0.4 is 5.73 Å². The highest BCUT2D eigenvalue weighted by molar-refractivity contribution is 5.85. The number of carbonyl (C=O) groups is 1. The Kier molecular flexibility index (Phi) is 6.57. The van der Waals surface area contributed by atoms with Crippen LogP contribution in [0.2, 0.25) is 0 Å². The fourth-order valence-electron chi connectivity index (χ4n) is 3.15. The maximum atomic E-state index is 12.7. The Hall–Kier alpha value is -0.320. The van der Waals surface area contributed by atoms with E-state index in [1.807, 2.05) is 4.90 Å². The van der Waals surface area contributed by atoms with E-state index in [1.165, 1.54) is 6.42 Å². The number of piperidine rings is 1. The van der Waals surface area contributed by atoms with E-state index in [9.17, 15) is 4.79 Å². The Balaban J connectivity index is 0.00000180. The summed E-state index contributed by atoms with van der Waals surface area (Å²) in [5.41, 5.74) is 5.56. The van der Waals surface area contributed by atoms with Crippen LogP contribution >= 0.6 is 12.4 Å². The molecule has 2 heterocycles. The summed E-state index contributed by atoms with van der Waals surface area (Å²) in [6.45, 7) is 5.88. The third-order valence-electron chi connectivity index (χ3n) is 4.77. The molecule has 0 bridgehead atoms. The van der Waals surface area contributed by atoms with Crippen molar-refractivity contribution >= 4 is 18.3 Å².